The molecule has 1 amide bonds. The topological polar surface area (TPSA) is 75.7 Å². The van der Waals surface area contributed by atoms with Crippen molar-refractivity contribution in [3.05, 3.63) is 24.3 Å². The molecule has 1 aromatic carbocycles. The number of likely N-dealkylation sites (N-methyl/N-ethyl adjacent to an activating group) is 1. The van der Waals surface area contributed by atoms with Crippen molar-refractivity contribution < 1.29 is 17.9 Å². The van der Waals surface area contributed by atoms with Gasteiger partial charge in [0, 0.05) is 12.6 Å². The number of ether oxygens (including phenoxy) is 1. The molecule has 0 unspecified atom stereocenters. The van der Waals surface area contributed by atoms with Crippen LogP contribution in [0, 0.1) is 0 Å². The minimum Gasteiger partial charge on any atom is -0.494 e. The summed E-state index contributed by atoms with van der Waals surface area (Å²) in [4.78, 5) is 12.1. The molecule has 23 heavy (non-hydrogen) atoms. The van der Waals surface area contributed by atoms with Crippen LogP contribution in [0.4, 0.5) is 0 Å². The molecule has 0 heterocycles. The van der Waals surface area contributed by atoms with Crippen molar-refractivity contribution in [1.29, 1.82) is 0 Å². The molecule has 0 aliphatic heterocycles. The molecule has 0 fully saturated rings. The first-order valence-electron chi connectivity index (χ1n) is 7.87. The number of benzene rings is 1. The summed E-state index contributed by atoms with van der Waals surface area (Å²) in [7, 11) is -3.70. The van der Waals surface area contributed by atoms with E-state index in [2.05, 4.69) is 5.32 Å². The summed E-state index contributed by atoms with van der Waals surface area (Å²) in [6, 6.07) is 6.24. The van der Waals surface area contributed by atoms with E-state index < -0.39 is 10.0 Å². The number of carbonyl (C=O) groups excluding carboxylic acids is 1. The fourth-order valence-electron chi connectivity index (χ4n) is 1.97. The molecule has 0 spiro atoms. The molecule has 0 aromatic heterocycles. The molecule has 1 atom stereocenters. The fourth-order valence-corrected chi connectivity index (χ4v) is 3.38. The Morgan fingerprint density at radius 2 is 1.83 bits per heavy atom. The van der Waals surface area contributed by atoms with Gasteiger partial charge in [0.2, 0.25) is 15.9 Å². The van der Waals surface area contributed by atoms with Crippen molar-refractivity contribution in [2.45, 2.75) is 45.1 Å². The zero-order valence-electron chi connectivity index (χ0n) is 14.2. The summed E-state index contributed by atoms with van der Waals surface area (Å²) in [6.45, 7) is 7.97. The molecule has 130 valence electrons. The lowest BCUT2D eigenvalue weighted by molar-refractivity contribution is -0.121. The van der Waals surface area contributed by atoms with E-state index in [-0.39, 0.29) is 29.9 Å². The molecular formula is C16H26N2O4S. The maximum Gasteiger partial charge on any atom is 0.243 e. The fraction of sp³-hybridized carbons (Fsp3) is 0.562. The monoisotopic (exact) mass is 342 g/mol. The quantitative estimate of drug-likeness (QED) is 0.745. The third kappa shape index (κ3) is 5.51. The average Bonchev–Trinajstić information content (AvgIpc) is 2.53. The Bertz CT molecular complexity index is 599. The molecule has 1 N–H and O–H groups in total. The number of amides is 1. The lowest BCUT2D eigenvalue weighted by Crippen LogP contribution is -2.43. The van der Waals surface area contributed by atoms with E-state index in [1.807, 2.05) is 20.8 Å². The van der Waals surface area contributed by atoms with Crippen LogP contribution in [0.3, 0.4) is 0 Å². The first-order valence-corrected chi connectivity index (χ1v) is 9.31. The highest BCUT2D eigenvalue weighted by Crippen LogP contribution is 2.19. The Hall–Kier alpha value is -1.60. The van der Waals surface area contributed by atoms with Crippen LogP contribution in [0.5, 0.6) is 5.75 Å². The van der Waals surface area contributed by atoms with Gasteiger partial charge in [-0.3, -0.25) is 4.79 Å². The molecule has 0 radical (unpaired) electrons. The first-order chi connectivity index (χ1) is 10.8. The Morgan fingerprint density at radius 1 is 1.22 bits per heavy atom. The lowest BCUT2D eigenvalue weighted by atomic mass is 10.2. The first kappa shape index (κ1) is 19.4. The third-order valence-corrected chi connectivity index (χ3v) is 5.40. The van der Waals surface area contributed by atoms with Gasteiger partial charge < -0.3 is 10.1 Å². The molecule has 0 saturated carbocycles. The summed E-state index contributed by atoms with van der Waals surface area (Å²) in [5.41, 5.74) is 0. The largest absolute Gasteiger partial charge is 0.494 e. The lowest BCUT2D eigenvalue weighted by Gasteiger charge is -2.21. The molecule has 0 aliphatic carbocycles. The predicted octanol–water partition coefficient (Wildman–Crippen LogP) is 2.01. The Balaban J connectivity index is 2.87. The predicted molar refractivity (Wildman–Crippen MR) is 89.9 cm³/mol. The van der Waals surface area contributed by atoms with Crippen LogP contribution in [0.15, 0.2) is 29.2 Å². The number of nitrogens with zero attached hydrogens (tertiary/aromatic N) is 1. The smallest absolute Gasteiger partial charge is 0.243 e. The highest BCUT2D eigenvalue weighted by molar-refractivity contribution is 7.89. The number of nitrogens with one attached hydrogen (secondary N) is 1. The maximum absolute atomic E-state index is 12.6. The van der Waals surface area contributed by atoms with E-state index in [1.54, 1.807) is 19.1 Å². The molecule has 0 aliphatic rings. The number of hydrogen-bond donors (Lipinski definition) is 1. The number of carbonyl (C=O) groups is 1. The summed E-state index contributed by atoms with van der Waals surface area (Å²) in [6.07, 6.45) is 0.795. The van der Waals surface area contributed by atoms with Gasteiger partial charge in [0.05, 0.1) is 18.0 Å². The van der Waals surface area contributed by atoms with Crippen molar-refractivity contribution in [3.63, 3.8) is 0 Å². The van der Waals surface area contributed by atoms with Gasteiger partial charge in [0.1, 0.15) is 5.75 Å². The van der Waals surface area contributed by atoms with Gasteiger partial charge in [-0.05, 0) is 44.5 Å². The average molecular weight is 342 g/mol. The Morgan fingerprint density at radius 3 is 2.30 bits per heavy atom. The van der Waals surface area contributed by atoms with Crippen LogP contribution in [0.1, 0.15) is 34.1 Å². The zero-order chi connectivity index (χ0) is 17.5. The van der Waals surface area contributed by atoms with Gasteiger partial charge in [0.15, 0.2) is 0 Å². The third-order valence-electron chi connectivity index (χ3n) is 3.46. The highest BCUT2D eigenvalue weighted by atomic mass is 32.2. The summed E-state index contributed by atoms with van der Waals surface area (Å²) in [5, 5.41) is 2.78. The molecule has 0 saturated heterocycles. The van der Waals surface area contributed by atoms with Gasteiger partial charge in [-0.2, -0.15) is 4.31 Å². The van der Waals surface area contributed by atoms with Crippen LogP contribution in [0.25, 0.3) is 0 Å². The van der Waals surface area contributed by atoms with Gasteiger partial charge >= 0.3 is 0 Å². The molecule has 1 rings (SSSR count). The van der Waals surface area contributed by atoms with Crippen molar-refractivity contribution in [3.8, 4) is 5.75 Å². The molecular weight excluding hydrogens is 316 g/mol. The zero-order valence-corrected chi connectivity index (χ0v) is 15.0. The summed E-state index contributed by atoms with van der Waals surface area (Å²) in [5.74, 6) is 0.319. The summed E-state index contributed by atoms with van der Waals surface area (Å²) < 4.78 is 31.7. The van der Waals surface area contributed by atoms with Crippen LogP contribution in [-0.2, 0) is 14.8 Å². The van der Waals surface area contributed by atoms with Crippen LogP contribution in [-0.4, -0.2) is 44.4 Å². The van der Waals surface area contributed by atoms with Gasteiger partial charge in [-0.25, -0.2) is 8.42 Å². The molecule has 7 heteroatoms. The van der Waals surface area contributed by atoms with Crippen LogP contribution < -0.4 is 10.1 Å². The van der Waals surface area contributed by atoms with Gasteiger partial charge in [-0.15, -0.1) is 0 Å². The molecule has 0 bridgehead atoms. The SMILES string of the molecule is CCOc1ccc(S(=O)(=O)N(CC)CC(=O)N[C@H](C)CC)cc1. The van der Waals surface area contributed by atoms with E-state index in [0.717, 1.165) is 6.42 Å². The Kier molecular flexibility index (Phi) is 7.51. The second-order valence-electron chi connectivity index (χ2n) is 5.21. The normalized spacial score (nSPS) is 12.9. The van der Waals surface area contributed by atoms with E-state index in [4.69, 9.17) is 4.74 Å². The highest BCUT2D eigenvalue weighted by Gasteiger charge is 2.25. The minimum absolute atomic E-state index is 0.0226. The van der Waals surface area contributed by atoms with E-state index in [9.17, 15) is 13.2 Å². The standard InChI is InChI=1S/C16H26N2O4S/c1-5-13(4)17-16(19)12-18(6-2)23(20,21)15-10-8-14(9-11-15)22-7-3/h8-11,13H,5-7,12H2,1-4H3,(H,17,19)/t13-/m1/s1. The van der Waals surface area contributed by atoms with Crippen molar-refractivity contribution >= 4 is 15.9 Å². The second-order valence-corrected chi connectivity index (χ2v) is 7.15. The minimum atomic E-state index is -3.70. The Labute approximate surface area is 138 Å². The molecule has 6 nitrogen and oxygen atoms in total. The van der Waals surface area contributed by atoms with E-state index >= 15 is 0 Å². The van der Waals surface area contributed by atoms with E-state index in [0.29, 0.717) is 12.4 Å². The number of sulfonamides is 1. The summed E-state index contributed by atoms with van der Waals surface area (Å²) >= 11 is 0. The number of rotatable bonds is 9. The van der Waals surface area contributed by atoms with Gasteiger partial charge in [0.25, 0.3) is 0 Å². The van der Waals surface area contributed by atoms with Gasteiger partial charge in [-0.1, -0.05) is 13.8 Å². The van der Waals surface area contributed by atoms with Crippen molar-refractivity contribution in [1.82, 2.24) is 9.62 Å². The van der Waals surface area contributed by atoms with Crippen LogP contribution >= 0.6 is 0 Å². The van der Waals surface area contributed by atoms with Crippen molar-refractivity contribution in [2.24, 2.45) is 0 Å². The maximum atomic E-state index is 12.6. The number of hydrogen-bond acceptors (Lipinski definition) is 4. The van der Waals surface area contributed by atoms with Crippen LogP contribution in [0.2, 0.25) is 0 Å². The van der Waals surface area contributed by atoms with E-state index in [1.165, 1.54) is 16.4 Å². The molecule has 1 aromatic rings. The van der Waals surface area contributed by atoms with Crippen molar-refractivity contribution in [2.75, 3.05) is 19.7 Å². The second kappa shape index (κ2) is 8.88.